The van der Waals surface area contributed by atoms with Gasteiger partial charge >= 0.3 is 0 Å². The minimum atomic E-state index is 0.511. The molecule has 3 heterocycles. The Labute approximate surface area is 181 Å². The summed E-state index contributed by atoms with van der Waals surface area (Å²) in [5.74, 6) is 1.58. The zero-order chi connectivity index (χ0) is 19.8. The van der Waals surface area contributed by atoms with E-state index in [1.165, 1.54) is 54.7 Å². The van der Waals surface area contributed by atoms with E-state index in [9.17, 15) is 0 Å². The molecule has 3 aromatic rings. The Balaban J connectivity index is 1.32. The van der Waals surface area contributed by atoms with Gasteiger partial charge in [0.1, 0.15) is 5.82 Å². The van der Waals surface area contributed by atoms with Crippen LogP contribution in [0.25, 0.3) is 10.2 Å². The van der Waals surface area contributed by atoms with E-state index in [4.69, 9.17) is 22.3 Å². The van der Waals surface area contributed by atoms with Crippen molar-refractivity contribution in [3.63, 3.8) is 0 Å². The van der Waals surface area contributed by atoms with Crippen molar-refractivity contribution in [1.82, 2.24) is 24.2 Å². The van der Waals surface area contributed by atoms with E-state index in [0.717, 1.165) is 35.9 Å². The maximum Gasteiger partial charge on any atom is 0.199 e. The topological polar surface area (TPSA) is 38.9 Å². The fraction of sp³-hybridized carbons (Fsp3) is 0.591. The predicted molar refractivity (Wildman–Crippen MR) is 121 cm³/mol. The van der Waals surface area contributed by atoms with Gasteiger partial charge in [-0.2, -0.15) is 5.10 Å². The van der Waals surface area contributed by atoms with E-state index < -0.39 is 0 Å². The fourth-order valence-corrected chi connectivity index (χ4v) is 6.49. The van der Waals surface area contributed by atoms with Crippen LogP contribution in [0.5, 0.6) is 0 Å². The molecule has 1 aliphatic heterocycles. The highest BCUT2D eigenvalue weighted by molar-refractivity contribution is 7.71. The number of hydrogen-bond acceptors (Lipinski definition) is 5. The molecular formula is C22H29N5S2. The molecule has 2 fully saturated rings. The third-order valence-corrected chi connectivity index (χ3v) is 8.09. The Morgan fingerprint density at radius 3 is 2.76 bits per heavy atom. The third-order valence-electron chi connectivity index (χ3n) is 6.48. The van der Waals surface area contributed by atoms with E-state index >= 15 is 0 Å². The molecule has 1 saturated carbocycles. The van der Waals surface area contributed by atoms with E-state index in [1.807, 2.05) is 11.3 Å². The largest absolute Gasteiger partial charge is 0.301 e. The van der Waals surface area contributed by atoms with Crippen molar-refractivity contribution in [2.75, 3.05) is 13.1 Å². The second-order valence-electron chi connectivity index (χ2n) is 8.57. The summed E-state index contributed by atoms with van der Waals surface area (Å²) in [6, 6.07) is 9.02. The van der Waals surface area contributed by atoms with Gasteiger partial charge in [-0.25, -0.2) is 9.67 Å². The number of nitrogens with zero attached hydrogens (tertiary/aromatic N) is 5. The number of aryl methyl sites for hydroxylation is 1. The summed E-state index contributed by atoms with van der Waals surface area (Å²) in [4.78, 5) is 7.43. The number of para-hydroxylation sites is 1. The average molecular weight is 428 g/mol. The monoisotopic (exact) mass is 427 g/mol. The molecule has 0 radical (unpaired) electrons. The van der Waals surface area contributed by atoms with Gasteiger partial charge < -0.3 is 4.57 Å². The molecule has 0 bridgehead atoms. The molecule has 0 amide bonds. The Morgan fingerprint density at radius 2 is 1.93 bits per heavy atom. The highest BCUT2D eigenvalue weighted by Gasteiger charge is 2.26. The van der Waals surface area contributed by atoms with Gasteiger partial charge in [0.05, 0.1) is 21.9 Å². The number of hydrogen-bond donors (Lipinski definition) is 0. The van der Waals surface area contributed by atoms with Crippen LogP contribution in [0.4, 0.5) is 0 Å². The molecule has 1 atom stereocenters. The lowest BCUT2D eigenvalue weighted by molar-refractivity contribution is 0.155. The van der Waals surface area contributed by atoms with Crippen LogP contribution in [-0.2, 0) is 6.67 Å². The molecule has 0 spiro atoms. The smallest absolute Gasteiger partial charge is 0.199 e. The van der Waals surface area contributed by atoms with E-state index in [-0.39, 0.29) is 0 Å². The van der Waals surface area contributed by atoms with Crippen molar-refractivity contribution in [3.8, 4) is 0 Å². The van der Waals surface area contributed by atoms with Gasteiger partial charge in [-0.1, -0.05) is 31.4 Å². The molecule has 0 N–H and O–H groups in total. The van der Waals surface area contributed by atoms with Crippen molar-refractivity contribution in [2.24, 2.45) is 0 Å². The first-order chi connectivity index (χ1) is 14.2. The van der Waals surface area contributed by atoms with Crippen molar-refractivity contribution >= 4 is 33.8 Å². The molecule has 1 aromatic carbocycles. The summed E-state index contributed by atoms with van der Waals surface area (Å²) >= 11 is 7.71. The highest BCUT2D eigenvalue weighted by atomic mass is 32.1. The molecule has 0 unspecified atom stereocenters. The Bertz CT molecular complexity index is 1010. The molecule has 1 aliphatic carbocycles. The second-order valence-corrected chi connectivity index (χ2v) is 10.00. The second kappa shape index (κ2) is 8.28. The molecule has 2 aliphatic rings. The molecule has 5 rings (SSSR count). The lowest BCUT2D eigenvalue weighted by Crippen LogP contribution is -2.36. The predicted octanol–water partition coefficient (Wildman–Crippen LogP) is 5.67. The number of thiazole rings is 1. The lowest BCUT2D eigenvalue weighted by Gasteiger charge is -2.31. The maximum absolute atomic E-state index is 5.86. The molecule has 29 heavy (non-hydrogen) atoms. The first-order valence-corrected chi connectivity index (χ1v) is 12.2. The van der Waals surface area contributed by atoms with Crippen molar-refractivity contribution in [2.45, 2.75) is 70.5 Å². The number of likely N-dealkylation sites (tertiary alicyclic amines) is 1. The summed E-state index contributed by atoms with van der Waals surface area (Å²) in [7, 11) is 0. The molecule has 5 nitrogen and oxygen atoms in total. The summed E-state index contributed by atoms with van der Waals surface area (Å²) in [5, 5.41) is 6.11. The SMILES string of the molecule is Cc1nn(CN2CCC[C@@H](c3nc4ccccc4s3)C2)c(=S)n1C1CCCCC1. The summed E-state index contributed by atoms with van der Waals surface area (Å²) < 4.78 is 6.57. The van der Waals surface area contributed by atoms with Gasteiger partial charge in [-0.15, -0.1) is 11.3 Å². The Kier molecular flexibility index (Phi) is 5.54. The van der Waals surface area contributed by atoms with Crippen molar-refractivity contribution < 1.29 is 0 Å². The zero-order valence-corrected chi connectivity index (χ0v) is 18.7. The van der Waals surface area contributed by atoms with Gasteiger partial charge in [0.15, 0.2) is 4.77 Å². The van der Waals surface area contributed by atoms with E-state index in [0.29, 0.717) is 12.0 Å². The Hall–Kier alpha value is -1.57. The molecule has 7 heteroatoms. The van der Waals surface area contributed by atoms with Crippen LogP contribution >= 0.6 is 23.6 Å². The van der Waals surface area contributed by atoms with Gasteiger partial charge in [0.25, 0.3) is 0 Å². The summed E-state index contributed by atoms with van der Waals surface area (Å²) in [6.45, 7) is 5.05. The van der Waals surface area contributed by atoms with Crippen LogP contribution in [0, 0.1) is 11.7 Å². The molecular weight excluding hydrogens is 398 g/mol. The maximum atomic E-state index is 5.86. The average Bonchev–Trinajstić information content (AvgIpc) is 3.30. The van der Waals surface area contributed by atoms with Crippen molar-refractivity contribution in [3.05, 3.63) is 39.9 Å². The minimum absolute atomic E-state index is 0.511. The number of aromatic nitrogens is 4. The van der Waals surface area contributed by atoms with Gasteiger partial charge in [0, 0.05) is 18.5 Å². The third kappa shape index (κ3) is 3.92. The normalized spacial score (nSPS) is 21.8. The van der Waals surface area contributed by atoms with Crippen LogP contribution in [0.2, 0.25) is 0 Å². The first-order valence-electron chi connectivity index (χ1n) is 10.9. The first kappa shape index (κ1) is 19.4. The summed E-state index contributed by atoms with van der Waals surface area (Å²) in [6.07, 6.45) is 8.89. The van der Waals surface area contributed by atoms with Crippen LogP contribution in [0.1, 0.15) is 67.7 Å². The fourth-order valence-electron chi connectivity index (χ4n) is 5.02. The quantitative estimate of drug-likeness (QED) is 0.503. The van der Waals surface area contributed by atoms with E-state index in [2.05, 4.69) is 45.3 Å². The van der Waals surface area contributed by atoms with Crippen LogP contribution in [-0.4, -0.2) is 37.3 Å². The van der Waals surface area contributed by atoms with Gasteiger partial charge in [-0.05, 0) is 63.5 Å². The molecule has 2 aromatic heterocycles. The van der Waals surface area contributed by atoms with E-state index in [1.54, 1.807) is 0 Å². The lowest BCUT2D eigenvalue weighted by atomic mass is 9.95. The number of rotatable bonds is 4. The van der Waals surface area contributed by atoms with Gasteiger partial charge in [-0.3, -0.25) is 4.90 Å². The Morgan fingerprint density at radius 1 is 1.10 bits per heavy atom. The molecule has 1 saturated heterocycles. The highest BCUT2D eigenvalue weighted by Crippen LogP contribution is 2.33. The van der Waals surface area contributed by atoms with Crippen molar-refractivity contribution in [1.29, 1.82) is 0 Å². The summed E-state index contributed by atoms with van der Waals surface area (Å²) in [5.41, 5.74) is 1.13. The number of benzene rings is 1. The zero-order valence-electron chi connectivity index (χ0n) is 17.1. The molecule has 154 valence electrons. The number of fused-ring (bicyclic) bond motifs is 1. The number of piperidine rings is 1. The van der Waals surface area contributed by atoms with Crippen LogP contribution in [0.15, 0.2) is 24.3 Å². The van der Waals surface area contributed by atoms with Crippen LogP contribution in [0.3, 0.4) is 0 Å². The standard InChI is InChI=1S/C22H29N5S2/c1-16-24-26(22(28)27(16)18-9-3-2-4-10-18)15-25-13-7-8-17(14-25)21-23-19-11-5-6-12-20(19)29-21/h5-6,11-12,17-18H,2-4,7-10,13-15H2,1H3/t17-/m1/s1. The van der Waals surface area contributed by atoms with Gasteiger partial charge in [0.2, 0.25) is 0 Å². The minimum Gasteiger partial charge on any atom is -0.301 e. The van der Waals surface area contributed by atoms with Crippen LogP contribution < -0.4 is 0 Å².